The van der Waals surface area contributed by atoms with Gasteiger partial charge in [-0.2, -0.15) is 4.31 Å². The van der Waals surface area contributed by atoms with E-state index in [0.717, 1.165) is 11.6 Å². The first-order valence-corrected chi connectivity index (χ1v) is 11.1. The Hall–Kier alpha value is -2.68. The number of carbonyl (C=O) groups excluding carboxylic acids is 1. The zero-order valence-electron chi connectivity index (χ0n) is 15.8. The van der Waals surface area contributed by atoms with Crippen LogP contribution < -0.4 is 0 Å². The Balaban J connectivity index is 1.43. The number of rotatable bonds is 4. The number of hydrogen-bond donors (Lipinski definition) is 0. The molecule has 0 N–H and O–H groups in total. The van der Waals surface area contributed by atoms with Crippen molar-refractivity contribution in [2.24, 2.45) is 0 Å². The van der Waals surface area contributed by atoms with Gasteiger partial charge in [0.25, 0.3) is 5.91 Å². The molecule has 0 atom stereocenters. The first kappa shape index (κ1) is 20.6. The molecule has 1 aliphatic rings. The molecule has 0 bridgehead atoms. The Morgan fingerprint density at radius 3 is 2.33 bits per heavy atom. The minimum absolute atomic E-state index is 0.0964. The maximum atomic E-state index is 13.4. The lowest BCUT2D eigenvalue weighted by atomic mass is 10.2. The van der Waals surface area contributed by atoms with Gasteiger partial charge in [0.05, 0.1) is 4.90 Å². The lowest BCUT2D eigenvalue weighted by molar-refractivity contribution is 0.0667. The van der Waals surface area contributed by atoms with Crippen molar-refractivity contribution >= 4 is 27.5 Å². The Bertz CT molecular complexity index is 1170. The average Bonchev–Trinajstić information content (AvgIpc) is 3.24. The van der Waals surface area contributed by atoms with Gasteiger partial charge in [-0.05, 0) is 54.6 Å². The predicted octanol–water partition coefficient (Wildman–Crippen LogP) is 3.89. The molecule has 30 heavy (non-hydrogen) atoms. The minimum atomic E-state index is -3.81. The second kappa shape index (κ2) is 8.22. The summed E-state index contributed by atoms with van der Waals surface area (Å²) in [6.45, 7) is 0.666. The number of sulfonamides is 1. The molecule has 1 saturated heterocycles. The van der Waals surface area contributed by atoms with E-state index < -0.39 is 15.8 Å². The predicted molar refractivity (Wildman–Crippen MR) is 110 cm³/mol. The largest absolute Gasteiger partial charge is 0.451 e. The molecule has 0 saturated carbocycles. The molecule has 3 aromatic rings. The standard InChI is InChI=1S/C21H18ClFN2O4S/c22-16-6-4-15(5-7-16)19-8-9-20(29-19)21(26)24-10-12-25(13-11-24)30(27,28)18-3-1-2-17(23)14-18/h1-9,14H,10-13H2. The fraction of sp³-hybridized carbons (Fsp3) is 0.190. The van der Waals surface area contributed by atoms with Crippen molar-refractivity contribution in [2.45, 2.75) is 4.90 Å². The van der Waals surface area contributed by atoms with E-state index in [1.807, 2.05) is 0 Å². The molecular formula is C21H18ClFN2O4S. The van der Waals surface area contributed by atoms with Crippen LogP contribution in [0.5, 0.6) is 0 Å². The number of carbonyl (C=O) groups is 1. The first-order chi connectivity index (χ1) is 14.3. The van der Waals surface area contributed by atoms with Gasteiger partial charge in [-0.25, -0.2) is 12.8 Å². The van der Waals surface area contributed by atoms with E-state index in [9.17, 15) is 17.6 Å². The summed E-state index contributed by atoms with van der Waals surface area (Å²) in [5.74, 6) is -0.194. The summed E-state index contributed by atoms with van der Waals surface area (Å²) in [6, 6.07) is 15.3. The number of nitrogens with zero attached hydrogens (tertiary/aromatic N) is 2. The summed E-state index contributed by atoms with van der Waals surface area (Å²) in [7, 11) is -3.81. The first-order valence-electron chi connectivity index (χ1n) is 9.25. The summed E-state index contributed by atoms with van der Waals surface area (Å²) in [6.07, 6.45) is 0. The molecule has 1 aromatic heterocycles. The van der Waals surface area contributed by atoms with Crippen LogP contribution in [-0.4, -0.2) is 49.7 Å². The monoisotopic (exact) mass is 448 g/mol. The summed E-state index contributed by atoms with van der Waals surface area (Å²) in [5, 5.41) is 0.604. The average molecular weight is 449 g/mol. The van der Waals surface area contributed by atoms with E-state index in [2.05, 4.69) is 0 Å². The van der Waals surface area contributed by atoms with Crippen LogP contribution in [0.4, 0.5) is 4.39 Å². The number of hydrogen-bond acceptors (Lipinski definition) is 4. The van der Waals surface area contributed by atoms with Crippen LogP contribution in [0.2, 0.25) is 5.02 Å². The molecule has 2 aromatic carbocycles. The molecule has 4 rings (SSSR count). The normalized spacial score (nSPS) is 15.3. The van der Waals surface area contributed by atoms with Crippen molar-refractivity contribution in [3.63, 3.8) is 0 Å². The molecule has 1 aliphatic heterocycles. The molecule has 156 valence electrons. The molecule has 2 heterocycles. The van der Waals surface area contributed by atoms with Gasteiger partial charge in [-0.15, -0.1) is 0 Å². The zero-order valence-corrected chi connectivity index (χ0v) is 17.4. The van der Waals surface area contributed by atoms with E-state index in [-0.39, 0.29) is 42.7 Å². The van der Waals surface area contributed by atoms with Crippen LogP contribution in [0.15, 0.2) is 70.0 Å². The van der Waals surface area contributed by atoms with Gasteiger partial charge < -0.3 is 9.32 Å². The Morgan fingerprint density at radius 1 is 0.967 bits per heavy atom. The van der Waals surface area contributed by atoms with Crippen molar-refractivity contribution in [1.29, 1.82) is 0 Å². The van der Waals surface area contributed by atoms with Crippen molar-refractivity contribution in [3.8, 4) is 11.3 Å². The summed E-state index contributed by atoms with van der Waals surface area (Å²) in [4.78, 5) is 14.2. The number of benzene rings is 2. The molecule has 6 nitrogen and oxygen atoms in total. The van der Waals surface area contributed by atoms with Gasteiger partial charge in [-0.1, -0.05) is 17.7 Å². The van der Waals surface area contributed by atoms with Gasteiger partial charge in [0.1, 0.15) is 11.6 Å². The zero-order chi connectivity index (χ0) is 21.3. The van der Waals surface area contributed by atoms with E-state index in [1.165, 1.54) is 22.5 Å². The van der Waals surface area contributed by atoms with E-state index in [0.29, 0.717) is 10.8 Å². The lowest BCUT2D eigenvalue weighted by Crippen LogP contribution is -2.50. The number of halogens is 2. The smallest absolute Gasteiger partial charge is 0.289 e. The Kier molecular flexibility index (Phi) is 5.64. The van der Waals surface area contributed by atoms with Crippen LogP contribution in [0.3, 0.4) is 0 Å². The van der Waals surface area contributed by atoms with Gasteiger partial charge >= 0.3 is 0 Å². The summed E-state index contributed by atoms with van der Waals surface area (Å²) >= 11 is 5.89. The van der Waals surface area contributed by atoms with Gasteiger partial charge in [0, 0.05) is 36.8 Å². The molecule has 1 fully saturated rings. The van der Waals surface area contributed by atoms with E-state index in [4.69, 9.17) is 16.0 Å². The van der Waals surface area contributed by atoms with Crippen molar-refractivity contribution < 1.29 is 22.0 Å². The topological polar surface area (TPSA) is 70.8 Å². The number of amides is 1. The van der Waals surface area contributed by atoms with Gasteiger partial charge in [0.2, 0.25) is 10.0 Å². The summed E-state index contributed by atoms with van der Waals surface area (Å²) in [5.41, 5.74) is 0.796. The molecule has 0 spiro atoms. The lowest BCUT2D eigenvalue weighted by Gasteiger charge is -2.33. The maximum Gasteiger partial charge on any atom is 0.289 e. The van der Waals surface area contributed by atoms with Crippen LogP contribution in [0.1, 0.15) is 10.6 Å². The quantitative estimate of drug-likeness (QED) is 0.607. The highest BCUT2D eigenvalue weighted by molar-refractivity contribution is 7.89. The van der Waals surface area contributed by atoms with E-state index in [1.54, 1.807) is 41.3 Å². The van der Waals surface area contributed by atoms with E-state index >= 15 is 0 Å². The third kappa shape index (κ3) is 4.12. The van der Waals surface area contributed by atoms with Gasteiger partial charge in [0.15, 0.2) is 5.76 Å². The van der Waals surface area contributed by atoms with Crippen LogP contribution in [0, 0.1) is 5.82 Å². The highest BCUT2D eigenvalue weighted by atomic mass is 35.5. The van der Waals surface area contributed by atoms with Crippen LogP contribution >= 0.6 is 11.6 Å². The Labute approximate surface area is 178 Å². The second-order valence-corrected chi connectivity index (χ2v) is 9.20. The number of piperazine rings is 1. The van der Waals surface area contributed by atoms with Crippen molar-refractivity contribution in [1.82, 2.24) is 9.21 Å². The highest BCUT2D eigenvalue weighted by Crippen LogP contribution is 2.25. The third-order valence-electron chi connectivity index (χ3n) is 4.91. The van der Waals surface area contributed by atoms with Gasteiger partial charge in [-0.3, -0.25) is 4.79 Å². The van der Waals surface area contributed by atoms with Crippen LogP contribution in [0.25, 0.3) is 11.3 Å². The molecular weight excluding hydrogens is 431 g/mol. The molecule has 0 aliphatic carbocycles. The molecule has 0 radical (unpaired) electrons. The van der Waals surface area contributed by atoms with Crippen molar-refractivity contribution in [3.05, 3.63) is 77.3 Å². The third-order valence-corrected chi connectivity index (χ3v) is 7.05. The fourth-order valence-electron chi connectivity index (χ4n) is 3.29. The SMILES string of the molecule is O=C(c1ccc(-c2ccc(Cl)cc2)o1)N1CCN(S(=O)(=O)c2cccc(F)c2)CC1. The second-order valence-electron chi connectivity index (χ2n) is 6.82. The summed E-state index contributed by atoms with van der Waals surface area (Å²) < 4.78 is 45.8. The molecule has 1 amide bonds. The minimum Gasteiger partial charge on any atom is -0.451 e. The molecule has 9 heteroatoms. The van der Waals surface area contributed by atoms with Crippen molar-refractivity contribution in [2.75, 3.05) is 26.2 Å². The number of furan rings is 1. The molecule has 0 unspecified atom stereocenters. The fourth-order valence-corrected chi connectivity index (χ4v) is 4.87. The Morgan fingerprint density at radius 2 is 1.67 bits per heavy atom. The maximum absolute atomic E-state index is 13.4. The highest BCUT2D eigenvalue weighted by Gasteiger charge is 2.31. The van der Waals surface area contributed by atoms with Crippen LogP contribution in [-0.2, 0) is 10.0 Å².